The molecule has 2 N–H and O–H groups in total. The van der Waals surface area contributed by atoms with E-state index in [1.165, 1.54) is 65.1 Å². The van der Waals surface area contributed by atoms with Gasteiger partial charge in [-0.15, -0.1) is 0 Å². The van der Waals surface area contributed by atoms with Crippen molar-refractivity contribution >= 4 is 0 Å². The summed E-state index contributed by atoms with van der Waals surface area (Å²) in [5.74, 6) is 0. The number of piperidine rings is 1. The van der Waals surface area contributed by atoms with Crippen LogP contribution in [0.15, 0.2) is 0 Å². The van der Waals surface area contributed by atoms with E-state index in [4.69, 9.17) is 5.73 Å². The molecule has 2 heterocycles. The summed E-state index contributed by atoms with van der Waals surface area (Å²) in [4.78, 5) is 7.93. The van der Waals surface area contributed by atoms with Crippen LogP contribution in [0.25, 0.3) is 0 Å². The zero-order chi connectivity index (χ0) is 15.5. The van der Waals surface area contributed by atoms with Crippen LogP contribution in [-0.2, 0) is 0 Å². The minimum Gasteiger partial charge on any atom is -0.329 e. The fraction of sp³-hybridized carbons (Fsp3) is 1.00. The van der Waals surface area contributed by atoms with Crippen LogP contribution in [0, 0.1) is 0 Å². The summed E-state index contributed by atoms with van der Waals surface area (Å²) in [6.45, 7) is 18.5. The van der Waals surface area contributed by atoms with E-state index in [0.717, 1.165) is 6.54 Å². The van der Waals surface area contributed by atoms with Crippen molar-refractivity contribution in [2.45, 2.75) is 58.0 Å². The standard InChI is InChI=1S/C17H36N4/c1-5-8-19-9-6-17(15-18,7-10-19)21-13-11-20(12-14-21)16(2,3)4/h5-15,18H2,1-4H3. The smallest absolute Gasteiger partial charge is 0.0357 e. The third kappa shape index (κ3) is 3.98. The van der Waals surface area contributed by atoms with Crippen LogP contribution in [-0.4, -0.2) is 78.1 Å². The minimum absolute atomic E-state index is 0.272. The van der Waals surface area contributed by atoms with Crippen molar-refractivity contribution in [1.29, 1.82) is 0 Å². The molecule has 0 saturated carbocycles. The molecule has 0 aromatic heterocycles. The molecule has 2 fully saturated rings. The SMILES string of the molecule is CCCN1CCC(CN)(N2CCN(C(C)(C)C)CC2)CC1. The first-order chi connectivity index (χ1) is 9.91. The number of hydrogen-bond acceptors (Lipinski definition) is 4. The van der Waals surface area contributed by atoms with Gasteiger partial charge in [0.15, 0.2) is 0 Å². The average Bonchev–Trinajstić information content (AvgIpc) is 2.48. The van der Waals surface area contributed by atoms with Crippen molar-refractivity contribution in [3.63, 3.8) is 0 Å². The van der Waals surface area contributed by atoms with Crippen molar-refractivity contribution in [1.82, 2.24) is 14.7 Å². The molecule has 0 aliphatic carbocycles. The maximum Gasteiger partial charge on any atom is 0.0357 e. The van der Waals surface area contributed by atoms with Crippen molar-refractivity contribution < 1.29 is 0 Å². The van der Waals surface area contributed by atoms with Gasteiger partial charge in [0.2, 0.25) is 0 Å². The van der Waals surface area contributed by atoms with Gasteiger partial charge >= 0.3 is 0 Å². The van der Waals surface area contributed by atoms with Crippen molar-refractivity contribution in [3.05, 3.63) is 0 Å². The molecule has 2 saturated heterocycles. The van der Waals surface area contributed by atoms with Crippen molar-refractivity contribution in [2.75, 3.05) is 52.4 Å². The molecule has 4 nitrogen and oxygen atoms in total. The molecule has 0 unspecified atom stereocenters. The lowest BCUT2D eigenvalue weighted by Crippen LogP contribution is -2.65. The predicted octanol–water partition coefficient (Wildman–Crippen LogP) is 1.61. The number of hydrogen-bond donors (Lipinski definition) is 1. The van der Waals surface area contributed by atoms with Gasteiger partial charge in [0, 0.05) is 43.8 Å². The number of piperazine rings is 1. The molecule has 2 rings (SSSR count). The zero-order valence-corrected chi connectivity index (χ0v) is 14.7. The number of rotatable bonds is 4. The second-order valence-corrected chi connectivity index (χ2v) is 7.92. The Morgan fingerprint density at radius 3 is 1.95 bits per heavy atom. The Kier molecular flexibility index (Phi) is 5.69. The molecule has 0 bridgehead atoms. The first kappa shape index (κ1) is 17.2. The molecule has 0 aromatic carbocycles. The summed E-state index contributed by atoms with van der Waals surface area (Å²) < 4.78 is 0. The van der Waals surface area contributed by atoms with E-state index in [9.17, 15) is 0 Å². The number of likely N-dealkylation sites (tertiary alicyclic amines) is 1. The first-order valence-electron chi connectivity index (χ1n) is 8.84. The summed E-state index contributed by atoms with van der Waals surface area (Å²) in [6, 6.07) is 0. The predicted molar refractivity (Wildman–Crippen MR) is 90.6 cm³/mol. The van der Waals surface area contributed by atoms with Gasteiger partial charge < -0.3 is 10.6 Å². The lowest BCUT2D eigenvalue weighted by molar-refractivity contribution is -0.0246. The molecule has 21 heavy (non-hydrogen) atoms. The Hall–Kier alpha value is -0.160. The molecule has 0 spiro atoms. The van der Waals surface area contributed by atoms with Crippen LogP contribution in [0.4, 0.5) is 0 Å². The van der Waals surface area contributed by atoms with Gasteiger partial charge in [-0.1, -0.05) is 6.92 Å². The quantitative estimate of drug-likeness (QED) is 0.855. The third-order valence-corrected chi connectivity index (χ3v) is 5.61. The summed E-state index contributed by atoms with van der Waals surface area (Å²) >= 11 is 0. The van der Waals surface area contributed by atoms with Gasteiger partial charge in [-0.25, -0.2) is 0 Å². The Labute approximate surface area is 131 Å². The third-order valence-electron chi connectivity index (χ3n) is 5.61. The summed E-state index contributed by atoms with van der Waals surface area (Å²) in [5.41, 5.74) is 6.81. The van der Waals surface area contributed by atoms with E-state index in [-0.39, 0.29) is 5.54 Å². The van der Waals surface area contributed by atoms with Crippen LogP contribution in [0.1, 0.15) is 47.0 Å². The van der Waals surface area contributed by atoms with Crippen LogP contribution in [0.2, 0.25) is 0 Å². The summed E-state index contributed by atoms with van der Waals surface area (Å²) in [5, 5.41) is 0. The second-order valence-electron chi connectivity index (χ2n) is 7.92. The topological polar surface area (TPSA) is 35.7 Å². The highest BCUT2D eigenvalue weighted by Crippen LogP contribution is 2.30. The Morgan fingerprint density at radius 1 is 0.952 bits per heavy atom. The van der Waals surface area contributed by atoms with Gasteiger partial charge in [0.1, 0.15) is 0 Å². The summed E-state index contributed by atoms with van der Waals surface area (Å²) in [7, 11) is 0. The Bertz CT molecular complexity index is 307. The van der Waals surface area contributed by atoms with E-state index in [1.807, 2.05) is 0 Å². The molecule has 0 aromatic rings. The molecule has 124 valence electrons. The maximum atomic E-state index is 6.24. The lowest BCUT2D eigenvalue weighted by atomic mass is 9.84. The fourth-order valence-corrected chi connectivity index (χ4v) is 4.01. The molecule has 0 radical (unpaired) electrons. The molecule has 0 atom stereocenters. The molecule has 4 heteroatoms. The zero-order valence-electron chi connectivity index (χ0n) is 14.7. The number of nitrogens with zero attached hydrogens (tertiary/aromatic N) is 3. The molecular formula is C17H36N4. The van der Waals surface area contributed by atoms with E-state index in [2.05, 4.69) is 42.4 Å². The van der Waals surface area contributed by atoms with Crippen LogP contribution < -0.4 is 5.73 Å². The van der Waals surface area contributed by atoms with Gasteiger partial charge in [-0.05, 0) is 59.7 Å². The fourth-order valence-electron chi connectivity index (χ4n) is 4.01. The van der Waals surface area contributed by atoms with Crippen LogP contribution >= 0.6 is 0 Å². The van der Waals surface area contributed by atoms with Gasteiger partial charge in [-0.3, -0.25) is 9.80 Å². The van der Waals surface area contributed by atoms with Gasteiger partial charge in [0.05, 0.1) is 0 Å². The molecule has 2 aliphatic heterocycles. The van der Waals surface area contributed by atoms with Gasteiger partial charge in [0.25, 0.3) is 0 Å². The first-order valence-corrected chi connectivity index (χ1v) is 8.84. The Morgan fingerprint density at radius 2 is 1.52 bits per heavy atom. The highest BCUT2D eigenvalue weighted by molar-refractivity contribution is 4.98. The molecule has 0 amide bonds. The van der Waals surface area contributed by atoms with Crippen LogP contribution in [0.3, 0.4) is 0 Å². The largest absolute Gasteiger partial charge is 0.329 e. The monoisotopic (exact) mass is 296 g/mol. The number of nitrogens with two attached hydrogens (primary N) is 1. The average molecular weight is 297 g/mol. The van der Waals surface area contributed by atoms with E-state index < -0.39 is 0 Å². The second kappa shape index (κ2) is 6.95. The van der Waals surface area contributed by atoms with Crippen molar-refractivity contribution in [3.8, 4) is 0 Å². The highest BCUT2D eigenvalue weighted by Gasteiger charge is 2.40. The van der Waals surface area contributed by atoms with E-state index >= 15 is 0 Å². The normalized spacial score (nSPS) is 26.1. The van der Waals surface area contributed by atoms with Gasteiger partial charge in [-0.2, -0.15) is 0 Å². The van der Waals surface area contributed by atoms with Crippen molar-refractivity contribution in [2.24, 2.45) is 5.73 Å². The molecule has 2 aliphatic rings. The summed E-state index contributed by atoms with van der Waals surface area (Å²) in [6.07, 6.45) is 3.76. The highest BCUT2D eigenvalue weighted by atomic mass is 15.3. The van der Waals surface area contributed by atoms with E-state index in [0.29, 0.717) is 5.54 Å². The lowest BCUT2D eigenvalue weighted by Gasteiger charge is -2.52. The Balaban J connectivity index is 1.91. The maximum absolute atomic E-state index is 6.24. The van der Waals surface area contributed by atoms with Crippen LogP contribution in [0.5, 0.6) is 0 Å². The molecular weight excluding hydrogens is 260 g/mol. The van der Waals surface area contributed by atoms with E-state index in [1.54, 1.807) is 0 Å². The minimum atomic E-state index is 0.272.